The van der Waals surface area contributed by atoms with Crippen molar-refractivity contribution in [1.29, 1.82) is 0 Å². The molecule has 17 heavy (non-hydrogen) atoms. The molecule has 92 valence electrons. The second-order valence-electron chi connectivity index (χ2n) is 3.43. The van der Waals surface area contributed by atoms with Crippen LogP contribution < -0.4 is 4.74 Å². The van der Waals surface area contributed by atoms with Crippen LogP contribution in [0.2, 0.25) is 0 Å². The number of para-hydroxylation sites is 1. The van der Waals surface area contributed by atoms with E-state index in [1.54, 1.807) is 26.0 Å². The minimum Gasteiger partial charge on any atom is -0.475 e. The number of ether oxygens (including phenoxy) is 1. The summed E-state index contributed by atoms with van der Waals surface area (Å²) in [6.07, 6.45) is -0.364. The van der Waals surface area contributed by atoms with Gasteiger partial charge in [0.25, 0.3) is 0 Å². The van der Waals surface area contributed by atoms with Crippen LogP contribution in [0.5, 0.6) is 5.75 Å². The van der Waals surface area contributed by atoms with Gasteiger partial charge in [0.1, 0.15) is 0 Å². The third-order valence-electron chi connectivity index (χ3n) is 2.24. The molecule has 0 heterocycles. The van der Waals surface area contributed by atoms with Crippen molar-refractivity contribution < 1.29 is 14.5 Å². The molecule has 0 aromatic heterocycles. The highest BCUT2D eigenvalue weighted by Crippen LogP contribution is 2.35. The largest absolute Gasteiger partial charge is 0.475 e. The first-order valence-corrected chi connectivity index (χ1v) is 5.89. The maximum absolute atomic E-state index is 11.4. The molecule has 0 fully saturated rings. The highest BCUT2D eigenvalue weighted by molar-refractivity contribution is 9.10. The quantitative estimate of drug-likeness (QED) is 0.619. The fourth-order valence-electron chi connectivity index (χ4n) is 1.29. The summed E-state index contributed by atoms with van der Waals surface area (Å²) in [5, 5.41) is 10.8. The van der Waals surface area contributed by atoms with E-state index < -0.39 is 11.0 Å². The second-order valence-corrected chi connectivity index (χ2v) is 4.28. The third kappa shape index (κ3) is 3.26. The Hall–Kier alpha value is -1.43. The fourth-order valence-corrected chi connectivity index (χ4v) is 1.74. The number of hydrogen-bond donors (Lipinski definition) is 0. The van der Waals surface area contributed by atoms with Crippen LogP contribution in [-0.4, -0.2) is 16.8 Å². The molecule has 0 saturated heterocycles. The SMILES string of the molecule is CCC(=O)C(C)Oc1c(Br)cccc1[N+](=O)[O-]. The van der Waals surface area contributed by atoms with E-state index >= 15 is 0 Å². The van der Waals surface area contributed by atoms with E-state index in [1.165, 1.54) is 6.07 Å². The maximum atomic E-state index is 11.4. The van der Waals surface area contributed by atoms with E-state index in [0.29, 0.717) is 10.9 Å². The van der Waals surface area contributed by atoms with Crippen LogP contribution >= 0.6 is 15.9 Å². The number of rotatable bonds is 5. The zero-order chi connectivity index (χ0) is 13.0. The van der Waals surface area contributed by atoms with Crippen LogP contribution in [0.4, 0.5) is 5.69 Å². The predicted octanol–water partition coefficient (Wildman–Crippen LogP) is 3.10. The average molecular weight is 302 g/mol. The van der Waals surface area contributed by atoms with Gasteiger partial charge in [-0.3, -0.25) is 14.9 Å². The number of nitro groups is 1. The molecule has 0 saturated carbocycles. The van der Waals surface area contributed by atoms with Crippen molar-refractivity contribution in [2.24, 2.45) is 0 Å². The van der Waals surface area contributed by atoms with Gasteiger partial charge in [-0.25, -0.2) is 0 Å². The smallest absolute Gasteiger partial charge is 0.312 e. The molecule has 0 spiro atoms. The normalized spacial score (nSPS) is 11.9. The molecule has 1 aromatic rings. The molecular weight excluding hydrogens is 290 g/mol. The van der Waals surface area contributed by atoms with E-state index in [4.69, 9.17) is 4.74 Å². The molecule has 0 radical (unpaired) electrons. The molecule has 5 nitrogen and oxygen atoms in total. The first-order chi connectivity index (χ1) is 7.97. The van der Waals surface area contributed by atoms with Gasteiger partial charge in [-0.15, -0.1) is 0 Å². The number of hydrogen-bond acceptors (Lipinski definition) is 4. The highest BCUT2D eigenvalue weighted by atomic mass is 79.9. The van der Waals surface area contributed by atoms with Gasteiger partial charge < -0.3 is 4.74 Å². The summed E-state index contributed by atoms with van der Waals surface area (Å²) < 4.78 is 5.81. The monoisotopic (exact) mass is 301 g/mol. The van der Waals surface area contributed by atoms with Crippen molar-refractivity contribution in [3.63, 3.8) is 0 Å². The Bertz CT molecular complexity index is 447. The van der Waals surface area contributed by atoms with E-state index in [0.717, 1.165) is 0 Å². The van der Waals surface area contributed by atoms with Crippen molar-refractivity contribution in [1.82, 2.24) is 0 Å². The summed E-state index contributed by atoms with van der Waals surface area (Å²) in [7, 11) is 0. The van der Waals surface area contributed by atoms with E-state index in [-0.39, 0.29) is 17.2 Å². The molecule has 0 N–H and O–H groups in total. The Morgan fingerprint density at radius 1 is 1.59 bits per heavy atom. The van der Waals surface area contributed by atoms with Gasteiger partial charge in [-0.1, -0.05) is 13.0 Å². The van der Waals surface area contributed by atoms with Crippen LogP contribution in [0.1, 0.15) is 20.3 Å². The number of nitro benzene ring substituents is 1. The lowest BCUT2D eigenvalue weighted by molar-refractivity contribution is -0.386. The molecule has 0 aliphatic carbocycles. The van der Waals surface area contributed by atoms with Crippen LogP contribution in [0.25, 0.3) is 0 Å². The molecule has 0 bridgehead atoms. The molecule has 1 aromatic carbocycles. The van der Waals surface area contributed by atoms with Gasteiger partial charge in [-0.05, 0) is 28.9 Å². The summed E-state index contributed by atoms with van der Waals surface area (Å²) in [4.78, 5) is 21.7. The van der Waals surface area contributed by atoms with Gasteiger partial charge in [0.05, 0.1) is 9.40 Å². The Balaban J connectivity index is 3.05. The van der Waals surface area contributed by atoms with Gasteiger partial charge in [-0.2, -0.15) is 0 Å². The van der Waals surface area contributed by atoms with Gasteiger partial charge in [0.15, 0.2) is 11.9 Å². The lowest BCUT2D eigenvalue weighted by atomic mass is 10.2. The zero-order valence-corrected chi connectivity index (χ0v) is 11.1. The topological polar surface area (TPSA) is 69.4 Å². The molecule has 1 atom stereocenters. The summed E-state index contributed by atoms with van der Waals surface area (Å²) in [6.45, 7) is 3.30. The first kappa shape index (κ1) is 13.6. The Morgan fingerprint density at radius 2 is 2.24 bits per heavy atom. The number of halogens is 1. The Kier molecular flexibility index (Phi) is 4.62. The van der Waals surface area contributed by atoms with Gasteiger partial charge in [0.2, 0.25) is 5.75 Å². The maximum Gasteiger partial charge on any atom is 0.312 e. The number of ketones is 1. The Morgan fingerprint density at radius 3 is 2.76 bits per heavy atom. The van der Waals surface area contributed by atoms with Crippen molar-refractivity contribution >= 4 is 27.4 Å². The standard InChI is InChI=1S/C11H12BrNO4/c1-3-10(14)7(2)17-11-8(12)5-4-6-9(11)13(15)16/h4-7H,3H2,1-2H3. The summed E-state index contributed by atoms with van der Waals surface area (Å²) in [5.74, 6) is -0.0122. The van der Waals surface area contributed by atoms with Crippen LogP contribution in [0.3, 0.4) is 0 Å². The first-order valence-electron chi connectivity index (χ1n) is 5.09. The second kappa shape index (κ2) is 5.77. The van der Waals surface area contributed by atoms with Crippen molar-refractivity contribution in [3.05, 3.63) is 32.8 Å². The molecule has 0 aliphatic heterocycles. The van der Waals surface area contributed by atoms with Crippen molar-refractivity contribution in [2.75, 3.05) is 0 Å². The average Bonchev–Trinajstić information content (AvgIpc) is 2.30. The van der Waals surface area contributed by atoms with Gasteiger partial charge in [0, 0.05) is 12.5 Å². The minimum atomic E-state index is -0.697. The molecule has 0 aliphatic rings. The lowest BCUT2D eigenvalue weighted by Crippen LogP contribution is -2.23. The summed E-state index contributed by atoms with van der Waals surface area (Å²) in [6, 6.07) is 4.51. The van der Waals surface area contributed by atoms with E-state index in [1.807, 2.05) is 0 Å². The number of carbonyl (C=O) groups is 1. The predicted molar refractivity (Wildman–Crippen MR) is 66.2 cm³/mol. The molecular formula is C11H12BrNO4. The molecule has 6 heteroatoms. The van der Waals surface area contributed by atoms with Crippen LogP contribution in [0.15, 0.2) is 22.7 Å². The van der Waals surface area contributed by atoms with Crippen molar-refractivity contribution in [2.45, 2.75) is 26.4 Å². The van der Waals surface area contributed by atoms with Gasteiger partial charge >= 0.3 is 5.69 Å². The number of carbonyl (C=O) groups excluding carboxylic acids is 1. The van der Waals surface area contributed by atoms with Crippen LogP contribution in [-0.2, 0) is 4.79 Å². The number of benzene rings is 1. The number of nitrogens with zero attached hydrogens (tertiary/aromatic N) is 1. The summed E-state index contributed by atoms with van der Waals surface area (Å²) >= 11 is 3.17. The summed E-state index contributed by atoms with van der Waals surface area (Å²) in [5.41, 5.74) is -0.157. The lowest BCUT2D eigenvalue weighted by Gasteiger charge is -2.13. The highest BCUT2D eigenvalue weighted by Gasteiger charge is 2.22. The zero-order valence-electron chi connectivity index (χ0n) is 9.47. The van der Waals surface area contributed by atoms with E-state index in [9.17, 15) is 14.9 Å². The number of Topliss-reactive ketones (excluding diaryl/α,β-unsaturated/α-hetero) is 1. The minimum absolute atomic E-state index is 0.0896. The Labute approximate surface area is 107 Å². The van der Waals surface area contributed by atoms with E-state index in [2.05, 4.69) is 15.9 Å². The molecule has 0 amide bonds. The fraction of sp³-hybridized carbons (Fsp3) is 0.364. The van der Waals surface area contributed by atoms with Crippen LogP contribution in [0, 0.1) is 10.1 Å². The van der Waals surface area contributed by atoms with Crippen molar-refractivity contribution in [3.8, 4) is 5.75 Å². The molecule has 1 rings (SSSR count). The molecule has 1 unspecified atom stereocenters. The third-order valence-corrected chi connectivity index (χ3v) is 2.86.